The first-order chi connectivity index (χ1) is 7.00. The molecule has 0 saturated carbocycles. The van der Waals surface area contributed by atoms with Crippen molar-refractivity contribution in [1.82, 2.24) is 14.9 Å². The summed E-state index contributed by atoms with van der Waals surface area (Å²) in [5, 5.41) is 7.86. The molecule has 82 valence electrons. The zero-order valence-electron chi connectivity index (χ0n) is 9.16. The quantitative estimate of drug-likeness (QED) is 0.851. The van der Waals surface area contributed by atoms with Crippen LogP contribution in [0.1, 0.15) is 19.2 Å². The molecule has 4 nitrogen and oxygen atoms in total. The van der Waals surface area contributed by atoms with Gasteiger partial charge in [0.15, 0.2) is 5.82 Å². The van der Waals surface area contributed by atoms with Crippen LogP contribution in [0, 0.1) is 5.41 Å². The Labute approximate surface area is 98.4 Å². The minimum atomic E-state index is 0.324. The first-order valence-electron chi connectivity index (χ1n) is 4.72. The van der Waals surface area contributed by atoms with Gasteiger partial charge in [-0.3, -0.25) is 0 Å². The number of hydrogen-bond acceptors (Lipinski definition) is 4. The van der Waals surface area contributed by atoms with Gasteiger partial charge in [0.2, 0.25) is 0 Å². The van der Waals surface area contributed by atoms with Crippen molar-refractivity contribution < 1.29 is 0 Å². The van der Waals surface area contributed by atoms with E-state index in [0.717, 1.165) is 4.47 Å². The molecule has 0 bridgehead atoms. The summed E-state index contributed by atoms with van der Waals surface area (Å²) in [5.41, 5.74) is 0.476. The lowest BCUT2D eigenvalue weighted by atomic mass is 10.1. The van der Waals surface area contributed by atoms with Gasteiger partial charge in [0.05, 0.1) is 10.2 Å². The van der Waals surface area contributed by atoms with Crippen LogP contribution in [-0.2, 0) is 0 Å². The van der Waals surface area contributed by atoms with Crippen LogP contribution in [0.25, 0.3) is 0 Å². The Hall–Kier alpha value is -0.810. The number of rotatable bonds is 4. The van der Waals surface area contributed by atoms with E-state index in [1.165, 1.54) is 0 Å². The SMILES string of the molecule is CC(CC(=N)c1ncc(Br)cn1)N(C)C. The monoisotopic (exact) mass is 270 g/mol. The molecular weight excluding hydrogens is 256 g/mol. The molecule has 15 heavy (non-hydrogen) atoms. The fourth-order valence-electron chi connectivity index (χ4n) is 1.04. The highest BCUT2D eigenvalue weighted by Gasteiger charge is 2.11. The maximum absolute atomic E-state index is 7.86. The highest BCUT2D eigenvalue weighted by molar-refractivity contribution is 9.10. The van der Waals surface area contributed by atoms with Crippen LogP contribution in [0.4, 0.5) is 0 Å². The van der Waals surface area contributed by atoms with Gasteiger partial charge in [-0.25, -0.2) is 9.97 Å². The predicted octanol–water partition coefficient (Wildman–Crippen LogP) is 1.95. The van der Waals surface area contributed by atoms with Gasteiger partial charge < -0.3 is 10.3 Å². The summed E-state index contributed by atoms with van der Waals surface area (Å²) in [5.74, 6) is 0.506. The van der Waals surface area contributed by atoms with Crippen molar-refractivity contribution in [3.63, 3.8) is 0 Å². The topological polar surface area (TPSA) is 52.9 Å². The summed E-state index contributed by atoms with van der Waals surface area (Å²) in [7, 11) is 4.00. The molecule has 1 aromatic rings. The van der Waals surface area contributed by atoms with E-state index in [4.69, 9.17) is 5.41 Å². The van der Waals surface area contributed by atoms with Crippen molar-refractivity contribution in [1.29, 1.82) is 5.41 Å². The Morgan fingerprint density at radius 2 is 2.00 bits per heavy atom. The second-order valence-electron chi connectivity index (χ2n) is 3.72. The largest absolute Gasteiger partial charge is 0.306 e. The Morgan fingerprint density at radius 3 is 2.47 bits per heavy atom. The lowest BCUT2D eigenvalue weighted by Gasteiger charge is -2.19. The molecule has 1 unspecified atom stereocenters. The third-order valence-corrected chi connectivity index (χ3v) is 2.68. The van der Waals surface area contributed by atoms with Crippen LogP contribution < -0.4 is 0 Å². The van der Waals surface area contributed by atoms with Gasteiger partial charge in [-0.05, 0) is 36.9 Å². The van der Waals surface area contributed by atoms with E-state index in [1.807, 2.05) is 14.1 Å². The van der Waals surface area contributed by atoms with Crippen molar-refractivity contribution >= 4 is 21.6 Å². The average Bonchev–Trinajstić information content (AvgIpc) is 2.18. The molecule has 0 amide bonds. The smallest absolute Gasteiger partial charge is 0.173 e. The normalized spacial score (nSPS) is 12.9. The van der Waals surface area contributed by atoms with E-state index in [0.29, 0.717) is 24.0 Å². The van der Waals surface area contributed by atoms with E-state index >= 15 is 0 Å². The molecule has 0 aliphatic heterocycles. The van der Waals surface area contributed by atoms with E-state index in [2.05, 4.69) is 37.7 Å². The van der Waals surface area contributed by atoms with Crippen LogP contribution in [0.3, 0.4) is 0 Å². The Balaban J connectivity index is 2.65. The van der Waals surface area contributed by atoms with E-state index < -0.39 is 0 Å². The maximum atomic E-state index is 7.86. The number of halogens is 1. The molecule has 0 aliphatic rings. The van der Waals surface area contributed by atoms with Crippen LogP contribution in [0.2, 0.25) is 0 Å². The molecule has 5 heteroatoms. The summed E-state index contributed by atoms with van der Waals surface area (Å²) >= 11 is 3.26. The third-order valence-electron chi connectivity index (χ3n) is 2.27. The molecule has 0 aromatic carbocycles. The number of nitrogens with one attached hydrogen (secondary N) is 1. The Morgan fingerprint density at radius 1 is 1.47 bits per heavy atom. The molecule has 1 atom stereocenters. The van der Waals surface area contributed by atoms with E-state index in [1.54, 1.807) is 12.4 Å². The predicted molar refractivity (Wildman–Crippen MR) is 64.3 cm³/mol. The Kier molecular flexibility index (Phi) is 4.35. The van der Waals surface area contributed by atoms with Crippen molar-refractivity contribution in [2.45, 2.75) is 19.4 Å². The lowest BCUT2D eigenvalue weighted by Crippen LogP contribution is -2.27. The molecule has 1 aromatic heterocycles. The van der Waals surface area contributed by atoms with Crippen LogP contribution in [0.15, 0.2) is 16.9 Å². The highest BCUT2D eigenvalue weighted by atomic mass is 79.9. The van der Waals surface area contributed by atoms with Crippen LogP contribution in [-0.4, -0.2) is 40.7 Å². The lowest BCUT2D eigenvalue weighted by molar-refractivity contribution is 0.321. The van der Waals surface area contributed by atoms with E-state index in [9.17, 15) is 0 Å². The highest BCUT2D eigenvalue weighted by Crippen LogP contribution is 2.07. The zero-order valence-corrected chi connectivity index (χ0v) is 10.7. The standard InChI is InChI=1S/C10H15BrN4/c1-7(15(2)3)4-9(12)10-13-5-8(11)6-14-10/h5-7,12H,4H2,1-3H3. The van der Waals surface area contributed by atoms with Gasteiger partial charge in [-0.2, -0.15) is 0 Å². The molecule has 0 fully saturated rings. The van der Waals surface area contributed by atoms with Crippen molar-refractivity contribution in [2.24, 2.45) is 0 Å². The summed E-state index contributed by atoms with van der Waals surface area (Å²) in [6.07, 6.45) is 3.99. The Bertz CT molecular complexity index is 334. The fourth-order valence-corrected chi connectivity index (χ4v) is 1.24. The van der Waals surface area contributed by atoms with Crippen molar-refractivity contribution in [2.75, 3.05) is 14.1 Å². The molecule has 0 aliphatic carbocycles. The molecule has 1 rings (SSSR count). The van der Waals surface area contributed by atoms with Gasteiger partial charge in [0.25, 0.3) is 0 Å². The summed E-state index contributed by atoms with van der Waals surface area (Å²) in [4.78, 5) is 10.3. The summed E-state index contributed by atoms with van der Waals surface area (Å²) < 4.78 is 0.833. The molecule has 0 radical (unpaired) electrons. The minimum absolute atomic E-state index is 0.324. The fraction of sp³-hybridized carbons (Fsp3) is 0.500. The van der Waals surface area contributed by atoms with E-state index in [-0.39, 0.29) is 0 Å². The van der Waals surface area contributed by atoms with Crippen LogP contribution >= 0.6 is 15.9 Å². The molecular formula is C10H15BrN4. The average molecular weight is 271 g/mol. The molecule has 1 heterocycles. The number of aromatic nitrogens is 2. The summed E-state index contributed by atoms with van der Waals surface area (Å²) in [6.45, 7) is 2.08. The third kappa shape index (κ3) is 3.68. The van der Waals surface area contributed by atoms with Crippen molar-refractivity contribution in [3.8, 4) is 0 Å². The maximum Gasteiger partial charge on any atom is 0.173 e. The minimum Gasteiger partial charge on any atom is -0.306 e. The second-order valence-corrected chi connectivity index (χ2v) is 4.64. The number of hydrogen-bond donors (Lipinski definition) is 1. The van der Waals surface area contributed by atoms with Crippen LogP contribution in [0.5, 0.6) is 0 Å². The first kappa shape index (κ1) is 12.3. The molecule has 0 spiro atoms. The zero-order chi connectivity index (χ0) is 11.4. The van der Waals surface area contributed by atoms with Crippen molar-refractivity contribution in [3.05, 3.63) is 22.7 Å². The molecule has 0 saturated heterocycles. The van der Waals surface area contributed by atoms with Gasteiger partial charge in [0, 0.05) is 24.9 Å². The van der Waals surface area contributed by atoms with Gasteiger partial charge in [-0.1, -0.05) is 0 Å². The number of nitrogens with zero attached hydrogens (tertiary/aromatic N) is 3. The van der Waals surface area contributed by atoms with Gasteiger partial charge in [-0.15, -0.1) is 0 Å². The first-order valence-corrected chi connectivity index (χ1v) is 5.51. The molecule has 1 N–H and O–H groups in total. The second kappa shape index (κ2) is 5.32. The summed E-state index contributed by atoms with van der Waals surface area (Å²) in [6, 6.07) is 0.324. The van der Waals surface area contributed by atoms with Gasteiger partial charge in [0.1, 0.15) is 0 Å². The van der Waals surface area contributed by atoms with Gasteiger partial charge >= 0.3 is 0 Å².